The molecule has 0 amide bonds. The summed E-state index contributed by atoms with van der Waals surface area (Å²) in [7, 11) is -3.53. The van der Waals surface area contributed by atoms with Gasteiger partial charge in [0.1, 0.15) is 0 Å². The maximum absolute atomic E-state index is 13.4. The molecule has 1 aliphatic heterocycles. The SMILES string of the molecule is C[C@@H]1CCCN(S(=O)(=O)c2ccc3c(c2)nc(SCc2cccc(C#N)c2)n3C2CCCC2)C1. The largest absolute Gasteiger partial charge is 0.316 e. The molecule has 2 heterocycles. The van der Waals surface area contributed by atoms with Crippen molar-refractivity contribution >= 4 is 32.8 Å². The van der Waals surface area contributed by atoms with Crippen LogP contribution in [-0.2, 0) is 15.8 Å². The van der Waals surface area contributed by atoms with E-state index in [0.29, 0.717) is 41.3 Å². The highest BCUT2D eigenvalue weighted by Gasteiger charge is 2.30. The summed E-state index contributed by atoms with van der Waals surface area (Å²) >= 11 is 1.66. The van der Waals surface area contributed by atoms with Crippen LogP contribution in [-0.4, -0.2) is 35.4 Å². The van der Waals surface area contributed by atoms with Crippen molar-refractivity contribution in [2.45, 2.75) is 67.3 Å². The van der Waals surface area contributed by atoms with Gasteiger partial charge in [0.25, 0.3) is 0 Å². The molecule has 0 bridgehead atoms. The van der Waals surface area contributed by atoms with Gasteiger partial charge in [-0.15, -0.1) is 0 Å². The smallest absolute Gasteiger partial charge is 0.243 e. The van der Waals surface area contributed by atoms with E-state index in [1.54, 1.807) is 28.2 Å². The summed E-state index contributed by atoms with van der Waals surface area (Å²) in [5.74, 6) is 1.10. The van der Waals surface area contributed by atoms with Gasteiger partial charge >= 0.3 is 0 Å². The van der Waals surface area contributed by atoms with Crippen molar-refractivity contribution in [1.29, 1.82) is 5.26 Å². The Morgan fingerprint density at radius 3 is 2.71 bits per heavy atom. The van der Waals surface area contributed by atoms with Gasteiger partial charge in [0, 0.05) is 24.9 Å². The third kappa shape index (κ3) is 4.61. The number of thioether (sulfide) groups is 1. The van der Waals surface area contributed by atoms with Gasteiger partial charge in [0.05, 0.1) is 27.6 Å². The molecule has 6 nitrogen and oxygen atoms in total. The Morgan fingerprint density at radius 2 is 1.94 bits per heavy atom. The molecule has 0 unspecified atom stereocenters. The molecule has 2 aromatic carbocycles. The van der Waals surface area contributed by atoms with Crippen LogP contribution < -0.4 is 0 Å². The Morgan fingerprint density at radius 1 is 1.12 bits per heavy atom. The van der Waals surface area contributed by atoms with E-state index in [4.69, 9.17) is 4.98 Å². The number of imidazole rings is 1. The first-order valence-electron chi connectivity index (χ1n) is 12.1. The fourth-order valence-corrected chi connectivity index (χ4v) is 7.87. The molecule has 2 aliphatic rings. The summed E-state index contributed by atoms with van der Waals surface area (Å²) < 4.78 is 30.7. The fourth-order valence-electron chi connectivity index (χ4n) is 5.23. The minimum Gasteiger partial charge on any atom is -0.316 e. The molecule has 1 saturated carbocycles. The monoisotopic (exact) mass is 494 g/mol. The molecular weight excluding hydrogens is 464 g/mol. The Labute approximate surface area is 206 Å². The van der Waals surface area contributed by atoms with E-state index in [0.717, 1.165) is 47.4 Å². The zero-order chi connectivity index (χ0) is 23.7. The number of sulfonamides is 1. The first-order valence-corrected chi connectivity index (χ1v) is 14.5. The number of piperidine rings is 1. The van der Waals surface area contributed by atoms with Crippen molar-refractivity contribution in [1.82, 2.24) is 13.9 Å². The van der Waals surface area contributed by atoms with Crippen molar-refractivity contribution in [3.05, 3.63) is 53.6 Å². The van der Waals surface area contributed by atoms with Gasteiger partial charge < -0.3 is 4.57 Å². The Kier molecular flexibility index (Phi) is 6.70. The maximum Gasteiger partial charge on any atom is 0.243 e. The first kappa shape index (κ1) is 23.4. The van der Waals surface area contributed by atoms with Gasteiger partial charge in [0.2, 0.25) is 10.0 Å². The minimum absolute atomic E-state index is 0.337. The van der Waals surface area contributed by atoms with Gasteiger partial charge in [-0.25, -0.2) is 13.4 Å². The van der Waals surface area contributed by atoms with Crippen molar-refractivity contribution in [3.63, 3.8) is 0 Å². The van der Waals surface area contributed by atoms with Crippen LogP contribution >= 0.6 is 11.8 Å². The lowest BCUT2D eigenvalue weighted by Crippen LogP contribution is -2.39. The van der Waals surface area contributed by atoms with E-state index in [1.165, 1.54) is 12.8 Å². The molecule has 178 valence electrons. The molecule has 2 fully saturated rings. The van der Waals surface area contributed by atoms with Crippen LogP contribution in [0.3, 0.4) is 0 Å². The number of fused-ring (bicyclic) bond motifs is 1. The number of hydrogen-bond acceptors (Lipinski definition) is 5. The predicted octanol–water partition coefficient (Wildman–Crippen LogP) is 5.74. The zero-order valence-electron chi connectivity index (χ0n) is 19.5. The number of rotatable bonds is 6. The van der Waals surface area contributed by atoms with Gasteiger partial charge in [-0.1, -0.05) is 43.7 Å². The van der Waals surface area contributed by atoms with Crippen LogP contribution in [0.4, 0.5) is 0 Å². The molecule has 1 atom stereocenters. The van der Waals surface area contributed by atoms with Gasteiger partial charge in [0.15, 0.2) is 5.16 Å². The van der Waals surface area contributed by atoms with Gasteiger partial charge in [-0.3, -0.25) is 0 Å². The lowest BCUT2D eigenvalue weighted by molar-refractivity contribution is 0.281. The molecule has 1 saturated heterocycles. The van der Waals surface area contributed by atoms with E-state index < -0.39 is 10.0 Å². The lowest BCUT2D eigenvalue weighted by atomic mass is 10.0. The van der Waals surface area contributed by atoms with Gasteiger partial charge in [-0.05, 0) is 67.5 Å². The zero-order valence-corrected chi connectivity index (χ0v) is 21.1. The van der Waals surface area contributed by atoms with Crippen molar-refractivity contribution < 1.29 is 8.42 Å². The third-order valence-corrected chi connectivity index (χ3v) is 9.88. The summed E-state index contributed by atoms with van der Waals surface area (Å²) in [5.41, 5.74) is 3.48. The van der Waals surface area contributed by atoms with Crippen molar-refractivity contribution in [3.8, 4) is 6.07 Å². The maximum atomic E-state index is 13.4. The van der Waals surface area contributed by atoms with Crippen LogP contribution in [0.25, 0.3) is 11.0 Å². The summed E-state index contributed by atoms with van der Waals surface area (Å²) in [6, 6.07) is 15.7. The summed E-state index contributed by atoms with van der Waals surface area (Å²) in [4.78, 5) is 5.26. The lowest BCUT2D eigenvalue weighted by Gasteiger charge is -2.30. The second-order valence-corrected chi connectivity index (χ2v) is 12.4. The summed E-state index contributed by atoms with van der Waals surface area (Å²) in [5, 5.41) is 10.1. The molecule has 0 radical (unpaired) electrons. The van der Waals surface area contributed by atoms with Crippen LogP contribution in [0, 0.1) is 17.2 Å². The molecule has 0 N–H and O–H groups in total. The standard InChI is InChI=1S/C26H30N4O2S2/c1-19-6-5-13-29(17-19)34(31,32)23-11-12-25-24(15-23)28-26(30(25)22-9-2-3-10-22)33-18-21-8-4-7-20(14-21)16-27/h4,7-8,11-12,14-15,19,22H,2-3,5-6,9-10,13,17-18H2,1H3/t19-/m1/s1. The fraction of sp³-hybridized carbons (Fsp3) is 0.462. The Bertz CT molecular complexity index is 1340. The van der Waals surface area contributed by atoms with E-state index in [9.17, 15) is 13.7 Å². The summed E-state index contributed by atoms with van der Waals surface area (Å²) in [6.45, 7) is 3.29. The molecule has 3 aromatic rings. The molecular formula is C26H30N4O2S2. The topological polar surface area (TPSA) is 79.0 Å². The summed E-state index contributed by atoms with van der Waals surface area (Å²) in [6.07, 6.45) is 6.64. The molecule has 0 spiro atoms. The van der Waals surface area contributed by atoms with Crippen molar-refractivity contribution in [2.75, 3.05) is 13.1 Å². The van der Waals surface area contributed by atoms with Crippen LogP contribution in [0.15, 0.2) is 52.5 Å². The molecule has 5 rings (SSSR count). The van der Waals surface area contributed by atoms with E-state index in [-0.39, 0.29) is 0 Å². The van der Waals surface area contributed by atoms with E-state index >= 15 is 0 Å². The Hall–Kier alpha value is -2.34. The number of hydrogen-bond donors (Lipinski definition) is 0. The van der Waals surface area contributed by atoms with E-state index in [2.05, 4.69) is 17.6 Å². The minimum atomic E-state index is -3.53. The average Bonchev–Trinajstić information content (AvgIpc) is 3.49. The molecule has 34 heavy (non-hydrogen) atoms. The number of nitrogens with zero attached hydrogens (tertiary/aromatic N) is 4. The second-order valence-electron chi connectivity index (χ2n) is 9.56. The first-order chi connectivity index (χ1) is 16.5. The molecule has 1 aliphatic carbocycles. The molecule has 8 heteroatoms. The van der Waals surface area contributed by atoms with Crippen LogP contribution in [0.5, 0.6) is 0 Å². The highest BCUT2D eigenvalue weighted by molar-refractivity contribution is 7.98. The normalized spacial score (nSPS) is 20.1. The number of nitriles is 1. The quantitative estimate of drug-likeness (QED) is 0.409. The number of benzene rings is 2. The van der Waals surface area contributed by atoms with Crippen LogP contribution in [0.2, 0.25) is 0 Å². The highest BCUT2D eigenvalue weighted by atomic mass is 32.2. The number of aromatic nitrogens is 2. The van der Waals surface area contributed by atoms with Crippen LogP contribution in [0.1, 0.15) is 62.6 Å². The predicted molar refractivity (Wildman–Crippen MR) is 135 cm³/mol. The highest BCUT2D eigenvalue weighted by Crippen LogP contribution is 2.38. The van der Waals surface area contributed by atoms with Crippen molar-refractivity contribution in [2.24, 2.45) is 5.92 Å². The van der Waals surface area contributed by atoms with E-state index in [1.807, 2.05) is 30.3 Å². The third-order valence-electron chi connectivity index (χ3n) is 7.00. The Balaban J connectivity index is 1.49. The molecule has 1 aromatic heterocycles. The van der Waals surface area contributed by atoms with Gasteiger partial charge in [-0.2, -0.15) is 9.57 Å². The second kappa shape index (κ2) is 9.73. The average molecular weight is 495 g/mol.